The average Bonchev–Trinajstić information content (AvgIpc) is 3.32. The number of esters is 1. The summed E-state index contributed by atoms with van der Waals surface area (Å²) in [6, 6.07) is 11.3. The Morgan fingerprint density at radius 2 is 1.86 bits per heavy atom. The predicted octanol–water partition coefficient (Wildman–Crippen LogP) is 3.58. The SMILES string of the molecule is CN1C(=O)Cc2cc(C(=O)COC(=O)C3(c4ccccc4F)CCCC3)ccc21. The van der Waals surface area contributed by atoms with Gasteiger partial charge in [-0.05, 0) is 42.7 Å². The third-order valence-corrected chi connectivity index (χ3v) is 6.05. The molecule has 1 amide bonds. The molecular weight excluding hydrogens is 373 g/mol. The predicted molar refractivity (Wildman–Crippen MR) is 105 cm³/mol. The standard InChI is InChI=1S/C23H22FNO4/c1-25-19-9-8-15(12-16(19)13-21(25)27)20(26)14-29-22(28)23(10-4-5-11-23)17-6-2-3-7-18(17)24/h2-3,6-9,12H,4-5,10-11,13-14H2,1H3. The van der Waals surface area contributed by atoms with Crippen LogP contribution in [-0.4, -0.2) is 31.3 Å². The van der Waals surface area contributed by atoms with Crippen molar-refractivity contribution < 1.29 is 23.5 Å². The number of benzene rings is 2. The van der Waals surface area contributed by atoms with Crippen molar-refractivity contribution in [2.24, 2.45) is 0 Å². The number of fused-ring (bicyclic) bond motifs is 1. The number of Topliss-reactive ketones (excluding diaryl/α,β-unsaturated/α-hetero) is 1. The largest absolute Gasteiger partial charge is 0.457 e. The molecule has 0 radical (unpaired) electrons. The van der Waals surface area contributed by atoms with Crippen molar-refractivity contribution in [3.8, 4) is 0 Å². The van der Waals surface area contributed by atoms with Gasteiger partial charge in [-0.15, -0.1) is 0 Å². The van der Waals surface area contributed by atoms with E-state index < -0.39 is 23.8 Å². The van der Waals surface area contributed by atoms with E-state index in [0.29, 0.717) is 24.0 Å². The van der Waals surface area contributed by atoms with Crippen molar-refractivity contribution in [3.63, 3.8) is 0 Å². The Hall–Kier alpha value is -3.02. The molecule has 2 aromatic rings. The summed E-state index contributed by atoms with van der Waals surface area (Å²) in [5.41, 5.74) is 1.28. The molecule has 0 bridgehead atoms. The summed E-state index contributed by atoms with van der Waals surface area (Å²) in [6.07, 6.45) is 2.89. The Morgan fingerprint density at radius 1 is 1.14 bits per heavy atom. The topological polar surface area (TPSA) is 63.7 Å². The van der Waals surface area contributed by atoms with Gasteiger partial charge in [0.05, 0.1) is 11.8 Å². The molecule has 1 saturated carbocycles. The quantitative estimate of drug-likeness (QED) is 0.573. The molecule has 1 fully saturated rings. The number of halogens is 1. The van der Waals surface area contributed by atoms with Crippen molar-refractivity contribution in [1.29, 1.82) is 0 Å². The summed E-state index contributed by atoms with van der Waals surface area (Å²) in [6.45, 7) is -0.405. The highest BCUT2D eigenvalue weighted by molar-refractivity contribution is 6.04. The van der Waals surface area contributed by atoms with Crippen LogP contribution < -0.4 is 4.90 Å². The number of rotatable bonds is 5. The zero-order valence-electron chi connectivity index (χ0n) is 16.2. The van der Waals surface area contributed by atoms with Crippen LogP contribution in [0.5, 0.6) is 0 Å². The van der Waals surface area contributed by atoms with Gasteiger partial charge >= 0.3 is 5.97 Å². The molecule has 29 heavy (non-hydrogen) atoms. The number of anilines is 1. The lowest BCUT2D eigenvalue weighted by molar-refractivity contribution is -0.149. The second-order valence-corrected chi connectivity index (χ2v) is 7.74. The van der Waals surface area contributed by atoms with Gasteiger partial charge in [0.1, 0.15) is 5.82 Å². The fourth-order valence-electron chi connectivity index (χ4n) is 4.41. The smallest absolute Gasteiger partial charge is 0.317 e. The first kappa shape index (κ1) is 19.3. The van der Waals surface area contributed by atoms with Crippen LogP contribution >= 0.6 is 0 Å². The number of nitrogens with zero attached hydrogens (tertiary/aromatic N) is 1. The van der Waals surface area contributed by atoms with Gasteiger partial charge in [-0.25, -0.2) is 4.39 Å². The molecule has 4 rings (SSSR count). The van der Waals surface area contributed by atoms with Crippen molar-refractivity contribution in [3.05, 3.63) is 65.0 Å². The maximum atomic E-state index is 14.4. The van der Waals surface area contributed by atoms with Gasteiger partial charge < -0.3 is 9.64 Å². The van der Waals surface area contributed by atoms with Gasteiger partial charge in [-0.1, -0.05) is 31.0 Å². The normalized spacial score (nSPS) is 17.3. The van der Waals surface area contributed by atoms with E-state index in [1.165, 1.54) is 6.07 Å². The highest BCUT2D eigenvalue weighted by atomic mass is 19.1. The van der Waals surface area contributed by atoms with Crippen molar-refractivity contribution in [2.75, 3.05) is 18.6 Å². The Bertz CT molecular complexity index is 994. The van der Waals surface area contributed by atoms with Gasteiger partial charge in [0.2, 0.25) is 5.91 Å². The van der Waals surface area contributed by atoms with Crippen LogP contribution in [0.3, 0.4) is 0 Å². The van der Waals surface area contributed by atoms with Crippen molar-refractivity contribution in [1.82, 2.24) is 0 Å². The molecule has 1 aliphatic carbocycles. The van der Waals surface area contributed by atoms with E-state index in [1.807, 2.05) is 0 Å². The molecule has 0 aromatic heterocycles. The Balaban J connectivity index is 1.49. The van der Waals surface area contributed by atoms with E-state index in [9.17, 15) is 18.8 Å². The first-order chi connectivity index (χ1) is 13.9. The molecule has 2 aromatic carbocycles. The van der Waals surface area contributed by atoms with Gasteiger partial charge in [-0.2, -0.15) is 0 Å². The molecule has 1 heterocycles. The molecule has 0 spiro atoms. The van der Waals surface area contributed by atoms with Crippen LogP contribution in [0.4, 0.5) is 10.1 Å². The molecule has 0 atom stereocenters. The molecule has 0 unspecified atom stereocenters. The van der Waals surface area contributed by atoms with E-state index in [2.05, 4.69) is 0 Å². The van der Waals surface area contributed by atoms with E-state index in [0.717, 1.165) is 24.1 Å². The first-order valence-corrected chi connectivity index (χ1v) is 9.77. The minimum Gasteiger partial charge on any atom is -0.457 e. The van der Waals surface area contributed by atoms with E-state index in [-0.39, 0.29) is 18.1 Å². The van der Waals surface area contributed by atoms with Gasteiger partial charge in [0.25, 0.3) is 0 Å². The highest BCUT2D eigenvalue weighted by Crippen LogP contribution is 2.43. The Kier molecular flexibility index (Phi) is 4.94. The zero-order valence-corrected chi connectivity index (χ0v) is 16.2. The van der Waals surface area contributed by atoms with Crippen LogP contribution in [-0.2, 0) is 26.2 Å². The van der Waals surface area contributed by atoms with E-state index >= 15 is 0 Å². The number of carbonyl (C=O) groups excluding carboxylic acids is 3. The lowest BCUT2D eigenvalue weighted by Gasteiger charge is -2.27. The number of hydrogen-bond donors (Lipinski definition) is 0. The van der Waals surface area contributed by atoms with Crippen LogP contribution in [0.15, 0.2) is 42.5 Å². The number of ether oxygens (including phenoxy) is 1. The molecular formula is C23H22FNO4. The van der Waals surface area contributed by atoms with Crippen LogP contribution in [0.2, 0.25) is 0 Å². The fourth-order valence-corrected chi connectivity index (χ4v) is 4.41. The molecule has 1 aliphatic heterocycles. The van der Waals surface area contributed by atoms with Crippen molar-refractivity contribution >= 4 is 23.3 Å². The number of amides is 1. The third-order valence-electron chi connectivity index (χ3n) is 6.05. The van der Waals surface area contributed by atoms with Crippen LogP contribution in [0, 0.1) is 5.82 Å². The van der Waals surface area contributed by atoms with Gasteiger partial charge in [0.15, 0.2) is 12.4 Å². The second kappa shape index (κ2) is 7.43. The molecule has 6 heteroatoms. The van der Waals surface area contributed by atoms with E-state index in [1.54, 1.807) is 48.3 Å². The van der Waals surface area contributed by atoms with Crippen molar-refractivity contribution in [2.45, 2.75) is 37.5 Å². The van der Waals surface area contributed by atoms with Crippen LogP contribution in [0.1, 0.15) is 47.2 Å². The summed E-state index contributed by atoms with van der Waals surface area (Å²) in [5, 5.41) is 0. The number of likely N-dealkylation sites (N-methyl/N-ethyl adjacent to an activating group) is 1. The summed E-state index contributed by atoms with van der Waals surface area (Å²) in [4.78, 5) is 38.9. The summed E-state index contributed by atoms with van der Waals surface area (Å²) < 4.78 is 19.8. The summed E-state index contributed by atoms with van der Waals surface area (Å²) in [5.74, 6) is -1.34. The molecule has 0 saturated heterocycles. The Morgan fingerprint density at radius 3 is 2.59 bits per heavy atom. The molecule has 5 nitrogen and oxygen atoms in total. The minimum absolute atomic E-state index is 0.0240. The van der Waals surface area contributed by atoms with Gasteiger partial charge in [-0.3, -0.25) is 14.4 Å². The lowest BCUT2D eigenvalue weighted by Crippen LogP contribution is -2.36. The maximum Gasteiger partial charge on any atom is 0.317 e. The fraction of sp³-hybridized carbons (Fsp3) is 0.348. The number of hydrogen-bond acceptors (Lipinski definition) is 4. The van der Waals surface area contributed by atoms with Crippen LogP contribution in [0.25, 0.3) is 0 Å². The summed E-state index contributed by atoms with van der Waals surface area (Å²) >= 11 is 0. The lowest BCUT2D eigenvalue weighted by atomic mass is 9.78. The molecule has 0 N–H and O–H groups in total. The highest BCUT2D eigenvalue weighted by Gasteiger charge is 2.46. The van der Waals surface area contributed by atoms with E-state index in [4.69, 9.17) is 4.74 Å². The minimum atomic E-state index is -1.03. The second-order valence-electron chi connectivity index (χ2n) is 7.74. The monoisotopic (exact) mass is 395 g/mol. The molecule has 150 valence electrons. The average molecular weight is 395 g/mol. The van der Waals surface area contributed by atoms with Gasteiger partial charge in [0, 0.05) is 23.9 Å². The maximum absolute atomic E-state index is 14.4. The first-order valence-electron chi connectivity index (χ1n) is 9.77. The number of ketones is 1. The Labute approximate surface area is 168 Å². The zero-order chi connectivity index (χ0) is 20.6. The number of carbonyl (C=O) groups is 3. The third kappa shape index (κ3) is 3.33. The summed E-state index contributed by atoms with van der Waals surface area (Å²) in [7, 11) is 1.70. The molecule has 2 aliphatic rings.